The average molecular weight is 238 g/mol. The standard InChI is InChI=1S/C13H22N2O2/c1-13(2,3)6-11(16)15-7-10(8-15)14-12(17)9-4-5-9/h9-10H,4-8H2,1-3H3,(H,14,17). The Kier molecular flexibility index (Phi) is 3.15. The van der Waals surface area contributed by atoms with Gasteiger partial charge in [-0.05, 0) is 18.3 Å². The molecule has 0 atom stereocenters. The first-order valence-corrected chi connectivity index (χ1v) is 6.43. The van der Waals surface area contributed by atoms with Crippen molar-refractivity contribution in [2.24, 2.45) is 11.3 Å². The Balaban J connectivity index is 1.67. The fraction of sp³-hybridized carbons (Fsp3) is 0.846. The number of hydrogen-bond donors (Lipinski definition) is 1. The smallest absolute Gasteiger partial charge is 0.223 e. The molecule has 0 bridgehead atoms. The molecule has 1 heterocycles. The molecule has 1 saturated heterocycles. The predicted octanol–water partition coefficient (Wildman–Crippen LogP) is 1.16. The average Bonchev–Trinajstić information content (AvgIpc) is 2.88. The van der Waals surface area contributed by atoms with Gasteiger partial charge in [0.25, 0.3) is 0 Å². The molecule has 0 aromatic carbocycles. The summed E-state index contributed by atoms with van der Waals surface area (Å²) in [5.74, 6) is 0.640. The van der Waals surface area contributed by atoms with Crippen LogP contribution in [0.15, 0.2) is 0 Å². The maximum absolute atomic E-state index is 11.8. The van der Waals surface area contributed by atoms with E-state index in [4.69, 9.17) is 0 Å². The minimum atomic E-state index is 0.0411. The van der Waals surface area contributed by atoms with Crippen molar-refractivity contribution in [3.05, 3.63) is 0 Å². The molecule has 96 valence electrons. The van der Waals surface area contributed by atoms with E-state index in [0.29, 0.717) is 19.5 Å². The quantitative estimate of drug-likeness (QED) is 0.802. The molecule has 1 saturated carbocycles. The normalized spacial score (nSPS) is 21.0. The third kappa shape index (κ3) is 3.45. The molecule has 0 radical (unpaired) electrons. The van der Waals surface area contributed by atoms with E-state index in [-0.39, 0.29) is 29.2 Å². The van der Waals surface area contributed by atoms with E-state index in [0.717, 1.165) is 12.8 Å². The van der Waals surface area contributed by atoms with Gasteiger partial charge in [0.2, 0.25) is 11.8 Å². The fourth-order valence-electron chi connectivity index (χ4n) is 2.00. The van der Waals surface area contributed by atoms with E-state index in [1.54, 1.807) is 0 Å². The van der Waals surface area contributed by atoms with E-state index < -0.39 is 0 Å². The molecule has 0 spiro atoms. The molecule has 2 fully saturated rings. The summed E-state index contributed by atoms with van der Waals surface area (Å²) < 4.78 is 0. The summed E-state index contributed by atoms with van der Waals surface area (Å²) in [5, 5.41) is 2.99. The van der Waals surface area contributed by atoms with Gasteiger partial charge in [0, 0.05) is 25.4 Å². The molecule has 4 heteroatoms. The lowest BCUT2D eigenvalue weighted by molar-refractivity contribution is -0.139. The highest BCUT2D eigenvalue weighted by Crippen LogP contribution is 2.29. The maximum atomic E-state index is 11.8. The van der Waals surface area contributed by atoms with Gasteiger partial charge in [-0.25, -0.2) is 0 Å². The van der Waals surface area contributed by atoms with E-state index in [2.05, 4.69) is 26.1 Å². The number of nitrogens with one attached hydrogen (secondary N) is 1. The number of nitrogens with zero attached hydrogens (tertiary/aromatic N) is 1. The number of rotatable bonds is 3. The van der Waals surface area contributed by atoms with Crippen LogP contribution in [0.4, 0.5) is 0 Å². The third-order valence-corrected chi connectivity index (χ3v) is 3.21. The molecule has 1 aliphatic heterocycles. The van der Waals surface area contributed by atoms with Crippen LogP contribution < -0.4 is 5.32 Å². The van der Waals surface area contributed by atoms with Crippen molar-refractivity contribution in [1.82, 2.24) is 10.2 Å². The Labute approximate surface area is 103 Å². The summed E-state index contributed by atoms with van der Waals surface area (Å²) >= 11 is 0. The minimum absolute atomic E-state index is 0.0411. The zero-order chi connectivity index (χ0) is 12.6. The van der Waals surface area contributed by atoms with Gasteiger partial charge in [0.1, 0.15) is 0 Å². The van der Waals surface area contributed by atoms with Crippen LogP contribution in [0.2, 0.25) is 0 Å². The van der Waals surface area contributed by atoms with Crippen LogP contribution in [0.1, 0.15) is 40.0 Å². The molecule has 2 aliphatic rings. The van der Waals surface area contributed by atoms with Gasteiger partial charge in [-0.1, -0.05) is 20.8 Å². The molecule has 1 aliphatic carbocycles. The zero-order valence-corrected chi connectivity index (χ0v) is 11.0. The van der Waals surface area contributed by atoms with Crippen LogP contribution >= 0.6 is 0 Å². The largest absolute Gasteiger partial charge is 0.350 e. The molecule has 0 aromatic rings. The van der Waals surface area contributed by atoms with Crippen molar-refractivity contribution >= 4 is 11.8 Å². The van der Waals surface area contributed by atoms with Crippen molar-refractivity contribution in [3.8, 4) is 0 Å². The molecular formula is C13H22N2O2. The first-order valence-electron chi connectivity index (χ1n) is 6.43. The Bertz CT molecular complexity index is 323. The highest BCUT2D eigenvalue weighted by atomic mass is 16.2. The van der Waals surface area contributed by atoms with Crippen molar-refractivity contribution in [2.75, 3.05) is 13.1 Å². The van der Waals surface area contributed by atoms with E-state index in [9.17, 15) is 9.59 Å². The lowest BCUT2D eigenvalue weighted by atomic mass is 9.91. The van der Waals surface area contributed by atoms with Gasteiger partial charge in [0.15, 0.2) is 0 Å². The summed E-state index contributed by atoms with van der Waals surface area (Å²) in [4.78, 5) is 25.2. The van der Waals surface area contributed by atoms with Crippen LogP contribution in [0.3, 0.4) is 0 Å². The highest BCUT2D eigenvalue weighted by Gasteiger charge is 2.36. The number of carbonyl (C=O) groups excluding carboxylic acids is 2. The van der Waals surface area contributed by atoms with Crippen LogP contribution in [0.5, 0.6) is 0 Å². The molecule has 2 amide bonds. The van der Waals surface area contributed by atoms with Crippen LogP contribution in [-0.2, 0) is 9.59 Å². The fourth-order valence-corrected chi connectivity index (χ4v) is 2.00. The van der Waals surface area contributed by atoms with Crippen LogP contribution in [-0.4, -0.2) is 35.8 Å². The van der Waals surface area contributed by atoms with E-state index in [1.165, 1.54) is 0 Å². The van der Waals surface area contributed by atoms with Gasteiger partial charge in [0.05, 0.1) is 6.04 Å². The SMILES string of the molecule is CC(C)(C)CC(=O)N1CC(NC(=O)C2CC2)C1. The van der Waals surface area contributed by atoms with Crippen LogP contribution in [0, 0.1) is 11.3 Å². The van der Waals surface area contributed by atoms with Crippen molar-refractivity contribution in [2.45, 2.75) is 46.1 Å². The monoisotopic (exact) mass is 238 g/mol. The van der Waals surface area contributed by atoms with Gasteiger partial charge >= 0.3 is 0 Å². The number of amides is 2. The molecule has 17 heavy (non-hydrogen) atoms. The molecular weight excluding hydrogens is 216 g/mol. The lowest BCUT2D eigenvalue weighted by Gasteiger charge is -2.40. The van der Waals surface area contributed by atoms with Gasteiger partial charge in [-0.2, -0.15) is 0 Å². The summed E-state index contributed by atoms with van der Waals surface area (Å²) in [6.07, 6.45) is 2.65. The Morgan fingerprint density at radius 1 is 1.24 bits per heavy atom. The van der Waals surface area contributed by atoms with Crippen molar-refractivity contribution in [3.63, 3.8) is 0 Å². The Morgan fingerprint density at radius 2 is 1.82 bits per heavy atom. The third-order valence-electron chi connectivity index (χ3n) is 3.21. The minimum Gasteiger partial charge on any atom is -0.350 e. The highest BCUT2D eigenvalue weighted by molar-refractivity contribution is 5.82. The van der Waals surface area contributed by atoms with Crippen molar-refractivity contribution in [1.29, 1.82) is 0 Å². The Morgan fingerprint density at radius 3 is 2.29 bits per heavy atom. The van der Waals surface area contributed by atoms with E-state index in [1.807, 2.05) is 4.90 Å². The first-order chi connectivity index (χ1) is 7.85. The molecule has 4 nitrogen and oxygen atoms in total. The molecule has 0 aromatic heterocycles. The summed E-state index contributed by atoms with van der Waals surface area (Å²) in [5.41, 5.74) is 0.0411. The predicted molar refractivity (Wildman–Crippen MR) is 65.3 cm³/mol. The lowest BCUT2D eigenvalue weighted by Crippen LogP contribution is -2.61. The Hall–Kier alpha value is -1.06. The molecule has 0 unspecified atom stereocenters. The van der Waals surface area contributed by atoms with E-state index >= 15 is 0 Å². The van der Waals surface area contributed by atoms with Crippen LogP contribution in [0.25, 0.3) is 0 Å². The van der Waals surface area contributed by atoms with Gasteiger partial charge in [-0.15, -0.1) is 0 Å². The summed E-state index contributed by atoms with van der Waals surface area (Å²) in [7, 11) is 0. The number of hydrogen-bond acceptors (Lipinski definition) is 2. The second kappa shape index (κ2) is 4.31. The second-order valence-corrected chi connectivity index (χ2v) is 6.52. The maximum Gasteiger partial charge on any atom is 0.223 e. The van der Waals surface area contributed by atoms with Gasteiger partial charge in [-0.3, -0.25) is 9.59 Å². The van der Waals surface area contributed by atoms with Gasteiger partial charge < -0.3 is 10.2 Å². The summed E-state index contributed by atoms with van der Waals surface area (Å²) in [6.45, 7) is 7.58. The second-order valence-electron chi connectivity index (χ2n) is 6.52. The van der Waals surface area contributed by atoms with Crippen molar-refractivity contribution < 1.29 is 9.59 Å². The zero-order valence-electron chi connectivity index (χ0n) is 11.0. The topological polar surface area (TPSA) is 49.4 Å². The number of carbonyl (C=O) groups is 2. The first kappa shape index (κ1) is 12.4. The molecule has 1 N–H and O–H groups in total. The number of likely N-dealkylation sites (tertiary alicyclic amines) is 1. The summed E-state index contributed by atoms with van der Waals surface area (Å²) in [6, 6.07) is 0.187. The molecule has 2 rings (SSSR count).